The fourth-order valence-corrected chi connectivity index (χ4v) is 1.62. The van der Waals surface area contributed by atoms with Gasteiger partial charge in [-0.1, -0.05) is 6.92 Å². The van der Waals surface area contributed by atoms with Gasteiger partial charge in [-0.2, -0.15) is 13.2 Å². The molecule has 0 saturated heterocycles. The minimum Gasteiger partial charge on any atom is -0.481 e. The van der Waals surface area contributed by atoms with Gasteiger partial charge < -0.3 is 15.7 Å². The van der Waals surface area contributed by atoms with Crippen LogP contribution in [0.25, 0.3) is 0 Å². The van der Waals surface area contributed by atoms with Crippen molar-refractivity contribution in [1.82, 2.24) is 10.6 Å². The van der Waals surface area contributed by atoms with Crippen LogP contribution in [0.15, 0.2) is 0 Å². The molecule has 0 aliphatic heterocycles. The SMILES string of the molecule is CC(CCNC(=O)NC(C)CC(F)(F)F)CCC(=O)O. The molecule has 0 heterocycles. The molecule has 118 valence electrons. The van der Waals surface area contributed by atoms with Gasteiger partial charge in [0, 0.05) is 19.0 Å². The second kappa shape index (κ2) is 8.65. The smallest absolute Gasteiger partial charge is 0.391 e. The first-order chi connectivity index (χ1) is 9.10. The van der Waals surface area contributed by atoms with Crippen molar-refractivity contribution in [2.24, 2.45) is 5.92 Å². The Balaban J connectivity index is 3.75. The number of carbonyl (C=O) groups is 2. The summed E-state index contributed by atoms with van der Waals surface area (Å²) in [5, 5.41) is 13.1. The van der Waals surface area contributed by atoms with Crippen LogP contribution in [0.1, 0.15) is 39.5 Å². The third kappa shape index (κ3) is 11.6. The molecule has 5 nitrogen and oxygen atoms in total. The van der Waals surface area contributed by atoms with E-state index in [1.165, 1.54) is 6.92 Å². The summed E-state index contributed by atoms with van der Waals surface area (Å²) in [6.45, 7) is 3.43. The van der Waals surface area contributed by atoms with Crippen LogP contribution >= 0.6 is 0 Å². The van der Waals surface area contributed by atoms with Gasteiger partial charge in [0.25, 0.3) is 0 Å². The molecule has 0 spiro atoms. The van der Waals surface area contributed by atoms with E-state index < -0.39 is 30.6 Å². The average molecular weight is 298 g/mol. The number of hydrogen-bond donors (Lipinski definition) is 3. The van der Waals surface area contributed by atoms with Crippen LogP contribution in [0.2, 0.25) is 0 Å². The average Bonchev–Trinajstić information content (AvgIpc) is 2.23. The highest BCUT2D eigenvalue weighted by Gasteiger charge is 2.30. The number of rotatable bonds is 8. The lowest BCUT2D eigenvalue weighted by Crippen LogP contribution is -2.43. The van der Waals surface area contributed by atoms with Gasteiger partial charge in [-0.25, -0.2) is 4.79 Å². The quantitative estimate of drug-likeness (QED) is 0.644. The predicted octanol–water partition coefficient (Wildman–Crippen LogP) is 2.52. The molecule has 0 radical (unpaired) electrons. The highest BCUT2D eigenvalue weighted by Crippen LogP contribution is 2.21. The standard InChI is InChI=1S/C12H21F3N2O3/c1-8(3-4-10(18)19)5-6-16-11(20)17-9(2)7-12(13,14)15/h8-9H,3-7H2,1-2H3,(H,18,19)(H2,16,17,20). The van der Waals surface area contributed by atoms with E-state index in [-0.39, 0.29) is 12.3 Å². The molecule has 0 bridgehead atoms. The monoisotopic (exact) mass is 298 g/mol. The number of hydrogen-bond acceptors (Lipinski definition) is 2. The maximum absolute atomic E-state index is 12.0. The van der Waals surface area contributed by atoms with Crippen LogP contribution in [0.4, 0.5) is 18.0 Å². The normalized spacial score (nSPS) is 14.4. The van der Waals surface area contributed by atoms with Gasteiger partial charge in [0.1, 0.15) is 0 Å². The van der Waals surface area contributed by atoms with Crippen LogP contribution in [0.5, 0.6) is 0 Å². The number of urea groups is 1. The number of carboxylic acids is 1. The van der Waals surface area contributed by atoms with Crippen LogP contribution in [0, 0.1) is 5.92 Å². The predicted molar refractivity (Wildman–Crippen MR) is 67.3 cm³/mol. The van der Waals surface area contributed by atoms with E-state index in [0.29, 0.717) is 19.4 Å². The number of halogens is 3. The molecule has 0 saturated carbocycles. The molecule has 0 aromatic rings. The van der Waals surface area contributed by atoms with Crippen molar-refractivity contribution in [2.45, 2.75) is 51.7 Å². The molecule has 8 heteroatoms. The third-order valence-electron chi connectivity index (χ3n) is 2.69. The lowest BCUT2D eigenvalue weighted by molar-refractivity contribution is -0.139. The molecule has 2 amide bonds. The summed E-state index contributed by atoms with van der Waals surface area (Å²) in [6.07, 6.45) is -4.24. The molecular weight excluding hydrogens is 277 g/mol. The molecule has 2 unspecified atom stereocenters. The summed E-state index contributed by atoms with van der Waals surface area (Å²) in [4.78, 5) is 21.7. The maximum Gasteiger partial charge on any atom is 0.391 e. The zero-order valence-electron chi connectivity index (χ0n) is 11.6. The second-order valence-electron chi connectivity index (χ2n) is 4.95. The Bertz CT molecular complexity index is 322. The van der Waals surface area contributed by atoms with Gasteiger partial charge >= 0.3 is 18.2 Å². The molecule has 0 aliphatic carbocycles. The van der Waals surface area contributed by atoms with E-state index in [2.05, 4.69) is 10.6 Å². The first-order valence-electron chi connectivity index (χ1n) is 6.43. The maximum atomic E-state index is 12.0. The van der Waals surface area contributed by atoms with Crippen molar-refractivity contribution in [2.75, 3.05) is 6.54 Å². The molecular formula is C12H21F3N2O3. The molecule has 2 atom stereocenters. The Morgan fingerprint density at radius 3 is 2.30 bits per heavy atom. The Kier molecular flexibility index (Phi) is 8.02. The van der Waals surface area contributed by atoms with E-state index in [4.69, 9.17) is 5.11 Å². The Labute approximate surface area is 115 Å². The summed E-state index contributed by atoms with van der Waals surface area (Å²) in [6, 6.07) is -1.63. The lowest BCUT2D eigenvalue weighted by Gasteiger charge is -2.17. The van der Waals surface area contributed by atoms with Crippen molar-refractivity contribution in [3.63, 3.8) is 0 Å². The number of aliphatic carboxylic acids is 1. The largest absolute Gasteiger partial charge is 0.481 e. The van der Waals surface area contributed by atoms with Gasteiger partial charge in [0.15, 0.2) is 0 Å². The van der Waals surface area contributed by atoms with Gasteiger partial charge in [0.05, 0.1) is 6.42 Å². The van der Waals surface area contributed by atoms with Gasteiger partial charge in [0.2, 0.25) is 0 Å². The van der Waals surface area contributed by atoms with Crippen molar-refractivity contribution in [3.05, 3.63) is 0 Å². The van der Waals surface area contributed by atoms with Gasteiger partial charge in [-0.15, -0.1) is 0 Å². The summed E-state index contributed by atoms with van der Waals surface area (Å²) in [5.41, 5.74) is 0. The number of amides is 2. The Morgan fingerprint density at radius 2 is 1.80 bits per heavy atom. The van der Waals surface area contributed by atoms with Crippen LogP contribution in [-0.4, -0.2) is 35.9 Å². The van der Waals surface area contributed by atoms with Crippen molar-refractivity contribution >= 4 is 12.0 Å². The van der Waals surface area contributed by atoms with E-state index in [1.807, 2.05) is 6.92 Å². The molecule has 20 heavy (non-hydrogen) atoms. The Hall–Kier alpha value is -1.47. The van der Waals surface area contributed by atoms with Crippen molar-refractivity contribution in [1.29, 1.82) is 0 Å². The fourth-order valence-electron chi connectivity index (χ4n) is 1.62. The molecule has 0 aromatic carbocycles. The van der Waals surface area contributed by atoms with Crippen LogP contribution in [-0.2, 0) is 4.79 Å². The summed E-state index contributed by atoms with van der Waals surface area (Å²) in [5.74, 6) is -0.748. The fraction of sp³-hybridized carbons (Fsp3) is 0.833. The summed E-state index contributed by atoms with van der Waals surface area (Å²) in [7, 11) is 0. The van der Waals surface area contributed by atoms with Gasteiger partial charge in [-0.3, -0.25) is 4.79 Å². The zero-order chi connectivity index (χ0) is 15.8. The summed E-state index contributed by atoms with van der Waals surface area (Å²) >= 11 is 0. The highest BCUT2D eigenvalue weighted by molar-refractivity contribution is 5.74. The zero-order valence-corrected chi connectivity index (χ0v) is 11.6. The first-order valence-corrected chi connectivity index (χ1v) is 6.43. The summed E-state index contributed by atoms with van der Waals surface area (Å²) < 4.78 is 36.1. The minimum absolute atomic E-state index is 0.0655. The Morgan fingerprint density at radius 1 is 1.20 bits per heavy atom. The van der Waals surface area contributed by atoms with Crippen LogP contribution in [0.3, 0.4) is 0 Å². The molecule has 0 aromatic heterocycles. The topological polar surface area (TPSA) is 78.4 Å². The second-order valence-corrected chi connectivity index (χ2v) is 4.95. The number of carbonyl (C=O) groups excluding carboxylic acids is 1. The minimum atomic E-state index is -4.31. The van der Waals surface area contributed by atoms with E-state index >= 15 is 0 Å². The first kappa shape index (κ1) is 18.5. The van der Waals surface area contributed by atoms with Crippen molar-refractivity contribution < 1.29 is 27.9 Å². The molecule has 3 N–H and O–H groups in total. The number of alkyl halides is 3. The molecule has 0 aliphatic rings. The lowest BCUT2D eigenvalue weighted by atomic mass is 10.0. The van der Waals surface area contributed by atoms with E-state index in [9.17, 15) is 22.8 Å². The molecule has 0 fully saturated rings. The van der Waals surface area contributed by atoms with Crippen molar-refractivity contribution in [3.8, 4) is 0 Å². The molecule has 0 rings (SSSR count). The van der Waals surface area contributed by atoms with Crippen LogP contribution < -0.4 is 10.6 Å². The highest BCUT2D eigenvalue weighted by atomic mass is 19.4. The number of carboxylic acid groups (broad SMARTS) is 1. The van der Waals surface area contributed by atoms with E-state index in [0.717, 1.165) is 0 Å². The van der Waals surface area contributed by atoms with E-state index in [1.54, 1.807) is 0 Å². The number of nitrogens with one attached hydrogen (secondary N) is 2. The third-order valence-corrected chi connectivity index (χ3v) is 2.69. The van der Waals surface area contributed by atoms with Gasteiger partial charge in [-0.05, 0) is 25.7 Å².